The van der Waals surface area contributed by atoms with Gasteiger partial charge in [0.1, 0.15) is 0 Å². The Morgan fingerprint density at radius 1 is 0.477 bits per heavy atom. The second kappa shape index (κ2) is 7.86. The van der Waals surface area contributed by atoms with E-state index in [0.29, 0.717) is 0 Å². The van der Waals surface area contributed by atoms with Crippen molar-refractivity contribution in [2.24, 2.45) is 0 Å². The molecule has 0 saturated heterocycles. The van der Waals surface area contributed by atoms with Crippen LogP contribution in [0, 0.1) is 0 Å². The second-order valence-electron chi connectivity index (χ2n) is 13.7. The molecule has 0 aliphatic carbocycles. The minimum Gasteiger partial charge on any atom is -0.309 e. The minimum absolute atomic E-state index is 0.135. The molecule has 0 N–H and O–H groups in total. The van der Waals surface area contributed by atoms with E-state index in [2.05, 4.69) is 145 Å². The predicted molar refractivity (Wildman–Crippen MR) is 183 cm³/mol. The highest BCUT2D eigenvalue weighted by molar-refractivity contribution is 6.12. The van der Waals surface area contributed by atoms with Crippen LogP contribution in [0.5, 0.6) is 0 Å². The van der Waals surface area contributed by atoms with E-state index < -0.39 is 0 Å². The number of aromatic nitrogens is 3. The molecule has 3 nitrogen and oxygen atoms in total. The Labute approximate surface area is 256 Å². The zero-order chi connectivity index (χ0) is 29.5. The van der Waals surface area contributed by atoms with Crippen LogP contribution in [0.1, 0.15) is 49.9 Å². The molecule has 210 valence electrons. The number of nitrogens with zero attached hydrogens (tertiary/aromatic N) is 3. The van der Waals surface area contributed by atoms with Crippen molar-refractivity contribution < 1.29 is 0 Å². The number of hydrogen-bond acceptors (Lipinski definition) is 1. The van der Waals surface area contributed by atoms with E-state index >= 15 is 0 Å². The Morgan fingerprint density at radius 3 is 1.61 bits per heavy atom. The van der Waals surface area contributed by atoms with E-state index in [1.807, 2.05) is 12.4 Å². The third-order valence-electron chi connectivity index (χ3n) is 10.8. The van der Waals surface area contributed by atoms with Crippen LogP contribution in [-0.4, -0.2) is 14.1 Å². The lowest BCUT2D eigenvalue weighted by Gasteiger charge is -2.36. The summed E-state index contributed by atoms with van der Waals surface area (Å²) in [6, 6.07) is 38.8. The fourth-order valence-electron chi connectivity index (χ4n) is 8.55. The van der Waals surface area contributed by atoms with E-state index in [0.717, 1.165) is 0 Å². The third kappa shape index (κ3) is 2.77. The third-order valence-corrected chi connectivity index (χ3v) is 10.8. The highest BCUT2D eigenvalue weighted by Crippen LogP contribution is 2.50. The van der Waals surface area contributed by atoms with Gasteiger partial charge in [0.25, 0.3) is 0 Å². The minimum atomic E-state index is -0.148. The molecule has 44 heavy (non-hydrogen) atoms. The molecule has 3 aromatic heterocycles. The molecule has 0 radical (unpaired) electrons. The molecule has 0 unspecified atom stereocenters. The van der Waals surface area contributed by atoms with E-state index in [9.17, 15) is 0 Å². The molecule has 10 rings (SSSR count). The summed E-state index contributed by atoms with van der Waals surface area (Å²) in [7, 11) is 0. The van der Waals surface area contributed by atoms with Crippen LogP contribution >= 0.6 is 0 Å². The first-order valence-electron chi connectivity index (χ1n) is 15.6. The molecule has 2 aliphatic heterocycles. The molecule has 2 aliphatic rings. The number of pyridine rings is 1. The first kappa shape index (κ1) is 24.3. The number of hydrogen-bond donors (Lipinski definition) is 0. The van der Waals surface area contributed by atoms with E-state index in [1.165, 1.54) is 88.4 Å². The summed E-state index contributed by atoms with van der Waals surface area (Å²) in [5, 5.41) is 5.20. The van der Waals surface area contributed by atoms with E-state index in [1.54, 1.807) is 0 Å². The Balaban J connectivity index is 1.21. The maximum atomic E-state index is 4.52. The van der Waals surface area contributed by atoms with Crippen molar-refractivity contribution in [3.63, 3.8) is 0 Å². The Bertz CT molecular complexity index is 2370. The maximum Gasteiger partial charge on any atom is 0.0724 e. The van der Waals surface area contributed by atoms with Gasteiger partial charge in [-0.25, -0.2) is 0 Å². The first-order chi connectivity index (χ1) is 21.4. The molecule has 0 fully saturated rings. The van der Waals surface area contributed by atoms with Crippen molar-refractivity contribution >= 4 is 43.6 Å². The van der Waals surface area contributed by atoms with Gasteiger partial charge >= 0.3 is 0 Å². The molecule has 8 aromatic rings. The van der Waals surface area contributed by atoms with Crippen LogP contribution in [0.3, 0.4) is 0 Å². The highest BCUT2D eigenvalue weighted by Gasteiger charge is 2.37. The number of para-hydroxylation sites is 3. The average molecular weight is 566 g/mol. The lowest BCUT2D eigenvalue weighted by atomic mass is 9.73. The van der Waals surface area contributed by atoms with Crippen molar-refractivity contribution in [2.75, 3.05) is 0 Å². The lowest BCUT2D eigenvalue weighted by Crippen LogP contribution is -2.26. The molecule has 0 bridgehead atoms. The standard InChI is InChI=1S/C41H31N3/c1-40(2)30-12-7-10-28-26-9-5-6-14-34(26)43(38(28)30)35-17-15-24(21-32(35)40)25-16-18-36-33(22-25)41(3,4)31-13-8-11-29-27-19-20-42-23-37(27)44(36)39(29)31/h5-23H,1-4H3. The molecule has 3 heteroatoms. The molecule has 5 aromatic carbocycles. The summed E-state index contributed by atoms with van der Waals surface area (Å²) in [5.74, 6) is 0. The molecular weight excluding hydrogens is 534 g/mol. The summed E-state index contributed by atoms with van der Waals surface area (Å²) >= 11 is 0. The van der Waals surface area contributed by atoms with E-state index in [-0.39, 0.29) is 10.8 Å². The SMILES string of the molecule is CC1(C)c2cc(-c3ccc4c(c3)C(C)(C)c3cccc5c6ccncc6n-4c35)ccc2-n2c3ccccc3c3cccc1c32. The Kier molecular flexibility index (Phi) is 4.34. The van der Waals surface area contributed by atoms with Crippen LogP contribution < -0.4 is 0 Å². The van der Waals surface area contributed by atoms with Gasteiger partial charge < -0.3 is 9.13 Å². The van der Waals surface area contributed by atoms with Crippen LogP contribution in [-0.2, 0) is 10.8 Å². The van der Waals surface area contributed by atoms with Gasteiger partial charge in [0.05, 0.1) is 39.6 Å². The molecule has 5 heterocycles. The summed E-state index contributed by atoms with van der Waals surface area (Å²) in [6.45, 7) is 9.52. The van der Waals surface area contributed by atoms with Crippen molar-refractivity contribution in [2.45, 2.75) is 38.5 Å². The van der Waals surface area contributed by atoms with Gasteiger partial charge in [-0.1, -0.05) is 94.4 Å². The number of benzene rings is 5. The monoisotopic (exact) mass is 565 g/mol. The highest BCUT2D eigenvalue weighted by atomic mass is 15.0. The van der Waals surface area contributed by atoms with Crippen LogP contribution in [0.2, 0.25) is 0 Å². The first-order valence-corrected chi connectivity index (χ1v) is 15.6. The maximum absolute atomic E-state index is 4.52. The van der Waals surface area contributed by atoms with Crippen LogP contribution in [0.25, 0.3) is 66.1 Å². The Morgan fingerprint density at radius 2 is 1.00 bits per heavy atom. The predicted octanol–water partition coefficient (Wildman–Crippen LogP) is 10.2. The Hall–Kier alpha value is -5.15. The smallest absolute Gasteiger partial charge is 0.0724 e. The van der Waals surface area contributed by atoms with Gasteiger partial charge in [-0.15, -0.1) is 0 Å². The van der Waals surface area contributed by atoms with Gasteiger partial charge in [0.2, 0.25) is 0 Å². The van der Waals surface area contributed by atoms with Crippen molar-refractivity contribution in [3.8, 4) is 22.5 Å². The average Bonchev–Trinajstić information content (AvgIpc) is 3.57. The molecular formula is C41H31N3. The van der Waals surface area contributed by atoms with E-state index in [4.69, 9.17) is 0 Å². The quantitative estimate of drug-likeness (QED) is 0.194. The fourth-order valence-corrected chi connectivity index (χ4v) is 8.55. The van der Waals surface area contributed by atoms with Gasteiger partial charge in [-0.3, -0.25) is 4.98 Å². The van der Waals surface area contributed by atoms with Crippen molar-refractivity contribution in [1.82, 2.24) is 14.1 Å². The topological polar surface area (TPSA) is 22.8 Å². The number of rotatable bonds is 1. The molecule has 0 atom stereocenters. The number of fused-ring (bicyclic) bond motifs is 10. The van der Waals surface area contributed by atoms with Gasteiger partial charge in [-0.2, -0.15) is 0 Å². The fraction of sp³-hybridized carbons (Fsp3) is 0.146. The molecule has 0 amide bonds. The zero-order valence-corrected chi connectivity index (χ0v) is 25.3. The summed E-state index contributed by atoms with van der Waals surface area (Å²) < 4.78 is 4.93. The van der Waals surface area contributed by atoms with Gasteiger partial charge in [-0.05, 0) is 69.8 Å². The van der Waals surface area contributed by atoms with Crippen LogP contribution in [0.4, 0.5) is 0 Å². The van der Waals surface area contributed by atoms with Crippen molar-refractivity contribution in [3.05, 3.63) is 138 Å². The summed E-state index contributed by atoms with van der Waals surface area (Å²) in [5.41, 5.74) is 15.3. The normalized spacial score (nSPS) is 15.6. The molecule has 0 saturated carbocycles. The molecule has 0 spiro atoms. The summed E-state index contributed by atoms with van der Waals surface area (Å²) in [4.78, 5) is 4.52. The second-order valence-corrected chi connectivity index (χ2v) is 13.7. The summed E-state index contributed by atoms with van der Waals surface area (Å²) in [6.07, 6.45) is 3.92. The van der Waals surface area contributed by atoms with Gasteiger partial charge in [0.15, 0.2) is 0 Å². The van der Waals surface area contributed by atoms with Crippen LogP contribution in [0.15, 0.2) is 116 Å². The van der Waals surface area contributed by atoms with Crippen molar-refractivity contribution in [1.29, 1.82) is 0 Å². The zero-order valence-electron chi connectivity index (χ0n) is 25.3. The lowest BCUT2D eigenvalue weighted by molar-refractivity contribution is 0.629. The largest absolute Gasteiger partial charge is 0.309 e. The van der Waals surface area contributed by atoms with Gasteiger partial charge in [0, 0.05) is 38.6 Å².